The summed E-state index contributed by atoms with van der Waals surface area (Å²) in [5.74, 6) is 0. The first-order chi connectivity index (χ1) is 13.5. The third-order valence-electron chi connectivity index (χ3n) is 3.71. The van der Waals surface area contributed by atoms with Gasteiger partial charge in [-0.3, -0.25) is 20.2 Å². The summed E-state index contributed by atoms with van der Waals surface area (Å²) in [5, 5.41) is 31.5. The summed E-state index contributed by atoms with van der Waals surface area (Å²) >= 11 is 0. The number of nitro benzene ring substituents is 2. The highest BCUT2D eigenvalue weighted by Crippen LogP contribution is 2.33. The summed E-state index contributed by atoms with van der Waals surface area (Å²) in [6, 6.07) is 8.22. The van der Waals surface area contributed by atoms with E-state index >= 15 is 0 Å². The molecule has 14 heteroatoms. The molecule has 2 rings (SSSR count). The highest BCUT2D eigenvalue weighted by atomic mass is 32.3. The van der Waals surface area contributed by atoms with Crippen LogP contribution >= 0.6 is 0 Å². The van der Waals surface area contributed by atoms with Gasteiger partial charge in [-0.2, -0.15) is 0 Å². The molecule has 0 aromatic heterocycles. The number of hydrogen-bond acceptors (Lipinski definition) is 9. The zero-order chi connectivity index (χ0) is 21.8. The Balaban J connectivity index is 2.76. The van der Waals surface area contributed by atoms with E-state index in [-0.39, 0.29) is 10.1 Å². The molecule has 1 N–H and O–H groups in total. The Morgan fingerprint density at radius 3 is 1.52 bits per heavy atom. The van der Waals surface area contributed by atoms with Crippen LogP contribution in [-0.4, -0.2) is 48.7 Å². The fourth-order valence-corrected chi connectivity index (χ4v) is 6.45. The first-order valence-corrected chi connectivity index (χ1v) is 10.8. The van der Waals surface area contributed by atoms with Crippen molar-refractivity contribution < 1.29 is 31.8 Å². The van der Waals surface area contributed by atoms with E-state index in [9.17, 15) is 37.1 Å². The van der Waals surface area contributed by atoms with Crippen LogP contribution in [0.4, 0.5) is 11.4 Å². The monoisotopic (exact) mass is 445 g/mol. The maximum absolute atomic E-state index is 13.1. The lowest BCUT2D eigenvalue weighted by Gasteiger charge is -2.21. The van der Waals surface area contributed by atoms with Gasteiger partial charge in [0.2, 0.25) is 0 Å². The topological polar surface area (TPSA) is 178 Å². The fourth-order valence-electron chi connectivity index (χ4n) is 2.44. The Kier molecular flexibility index (Phi) is 6.63. The number of rotatable bonds is 9. The Bertz CT molecular complexity index is 1060. The van der Waals surface area contributed by atoms with Gasteiger partial charge in [-0.15, -0.1) is 0 Å². The van der Waals surface area contributed by atoms with Gasteiger partial charge < -0.3 is 5.11 Å². The van der Waals surface area contributed by atoms with Crippen LogP contribution in [-0.2, 0) is 20.0 Å². The van der Waals surface area contributed by atoms with E-state index in [1.54, 1.807) is 0 Å². The highest BCUT2D eigenvalue weighted by molar-refractivity contribution is 8.04. The molecule has 156 valence electrons. The van der Waals surface area contributed by atoms with Gasteiger partial charge >= 0.3 is 0 Å². The van der Waals surface area contributed by atoms with E-state index in [0.717, 1.165) is 24.3 Å². The summed E-state index contributed by atoms with van der Waals surface area (Å²) in [4.78, 5) is 18.6. The lowest BCUT2D eigenvalue weighted by Crippen LogP contribution is -2.38. The molecule has 0 aliphatic heterocycles. The summed E-state index contributed by atoms with van der Waals surface area (Å²) in [7, 11) is -10.1. The number of benzene rings is 2. The summed E-state index contributed by atoms with van der Waals surface area (Å²) in [5.41, 5.74) is -1.72. The van der Waals surface area contributed by atoms with Gasteiger partial charge in [0.05, 0.1) is 9.85 Å². The average molecular weight is 445 g/mol. The molecule has 0 bridgehead atoms. The van der Waals surface area contributed by atoms with Crippen molar-refractivity contribution in [1.29, 1.82) is 0 Å². The van der Waals surface area contributed by atoms with Gasteiger partial charge in [0.25, 0.3) is 31.4 Å². The van der Waals surface area contributed by atoms with Crippen molar-refractivity contribution in [3.63, 3.8) is 0 Å². The highest BCUT2D eigenvalue weighted by Gasteiger charge is 2.42. The van der Waals surface area contributed by atoms with E-state index in [4.69, 9.17) is 5.11 Å². The summed E-state index contributed by atoms with van der Waals surface area (Å²) in [6.45, 7) is -1.37. The zero-order valence-electron chi connectivity index (χ0n) is 14.6. The molecule has 0 radical (unpaired) electrons. The second-order valence-corrected chi connectivity index (χ2v) is 9.43. The second kappa shape index (κ2) is 8.60. The van der Waals surface area contributed by atoms with Crippen LogP contribution < -0.4 is 0 Å². The zero-order valence-corrected chi connectivity index (χ0v) is 16.2. The van der Waals surface area contributed by atoms with Gasteiger partial charge in [0, 0.05) is 25.3 Å². The second-order valence-electron chi connectivity index (χ2n) is 5.53. The first kappa shape index (κ1) is 22.4. The minimum atomic E-state index is -5.03. The molecule has 0 atom stereocenters. The van der Waals surface area contributed by atoms with Crippen LogP contribution in [0.3, 0.4) is 0 Å². The van der Waals surface area contributed by atoms with Gasteiger partial charge in [0.1, 0.15) is 0 Å². The molecule has 0 saturated heterocycles. The molecule has 0 amide bonds. The largest absolute Gasteiger partial charge is 0.396 e. The minimum absolute atomic E-state index is 0.0686. The first-order valence-electron chi connectivity index (χ1n) is 7.90. The van der Waals surface area contributed by atoms with E-state index in [1.165, 1.54) is 24.3 Å². The number of aliphatic hydroxyl groups is 1. The van der Waals surface area contributed by atoms with Gasteiger partial charge in [-0.25, -0.2) is 16.8 Å². The minimum Gasteiger partial charge on any atom is -0.396 e. The van der Waals surface area contributed by atoms with E-state index in [2.05, 4.69) is 0 Å². The number of nitrogens with zero attached hydrogens (tertiary/aromatic N) is 3. The summed E-state index contributed by atoms with van der Waals surface area (Å²) in [6.07, 6.45) is -0.334. The summed E-state index contributed by atoms with van der Waals surface area (Å²) < 4.78 is 52.2. The molecule has 0 aliphatic carbocycles. The molecule has 2 aromatic carbocycles. The van der Waals surface area contributed by atoms with Crippen LogP contribution in [0.1, 0.15) is 6.42 Å². The molecule has 29 heavy (non-hydrogen) atoms. The number of sulfonamides is 2. The molecule has 0 aliphatic rings. The van der Waals surface area contributed by atoms with Crippen LogP contribution in [0.25, 0.3) is 0 Å². The Hall–Kier alpha value is -2.94. The van der Waals surface area contributed by atoms with Crippen LogP contribution in [0.2, 0.25) is 0 Å². The number of para-hydroxylation sites is 2. The Morgan fingerprint density at radius 1 is 0.793 bits per heavy atom. The van der Waals surface area contributed by atoms with Crippen molar-refractivity contribution in [1.82, 2.24) is 3.71 Å². The van der Waals surface area contributed by atoms with Crippen molar-refractivity contribution in [2.75, 3.05) is 13.2 Å². The lowest BCUT2D eigenvalue weighted by atomic mass is 10.3. The van der Waals surface area contributed by atoms with Crippen molar-refractivity contribution in [3.8, 4) is 0 Å². The van der Waals surface area contributed by atoms with E-state index < -0.39 is 64.2 Å². The third kappa shape index (κ3) is 4.40. The fraction of sp³-hybridized carbons (Fsp3) is 0.200. The predicted octanol–water partition coefficient (Wildman–Crippen LogP) is 1.27. The van der Waals surface area contributed by atoms with Gasteiger partial charge in [-0.05, 0) is 18.6 Å². The molecule has 0 fully saturated rings. The standard InChI is InChI=1S/C15H15N3O9S2/c19-11-5-10-16(28(24,25)14-8-3-1-6-12(14)17(20)21)29(26,27)15-9-4-2-7-13(15)18(22)23/h1-4,6-9,19H,5,10-11H2. The quantitative estimate of drug-likeness (QED) is 0.439. The normalized spacial score (nSPS) is 12.1. The number of nitro groups is 2. The Labute approximate surface area is 165 Å². The maximum atomic E-state index is 13.1. The van der Waals surface area contributed by atoms with Crippen molar-refractivity contribution in [2.45, 2.75) is 16.2 Å². The van der Waals surface area contributed by atoms with Crippen molar-refractivity contribution >= 4 is 31.4 Å². The van der Waals surface area contributed by atoms with Crippen LogP contribution in [0.15, 0.2) is 58.3 Å². The smallest absolute Gasteiger partial charge is 0.289 e. The molecular weight excluding hydrogens is 430 g/mol. The maximum Gasteiger partial charge on any atom is 0.289 e. The van der Waals surface area contributed by atoms with Crippen LogP contribution in [0.5, 0.6) is 0 Å². The molecule has 0 heterocycles. The number of hydrogen-bond donors (Lipinski definition) is 1. The van der Waals surface area contributed by atoms with Crippen LogP contribution in [0, 0.1) is 20.2 Å². The molecule has 0 spiro atoms. The SMILES string of the molecule is O=[N+]([O-])c1ccccc1S(=O)(=O)N(CCCO)S(=O)(=O)c1ccccc1[N+](=O)[O-]. The van der Waals surface area contributed by atoms with Crippen molar-refractivity contribution in [2.24, 2.45) is 0 Å². The molecule has 0 unspecified atom stereocenters. The van der Waals surface area contributed by atoms with Gasteiger partial charge in [-0.1, -0.05) is 28.0 Å². The van der Waals surface area contributed by atoms with E-state index in [0.29, 0.717) is 0 Å². The predicted molar refractivity (Wildman–Crippen MR) is 99.0 cm³/mol. The lowest BCUT2D eigenvalue weighted by molar-refractivity contribution is -0.388. The molecule has 2 aromatic rings. The molecule has 0 saturated carbocycles. The molecular formula is C15H15N3O9S2. The number of aliphatic hydroxyl groups excluding tert-OH is 1. The third-order valence-corrected chi connectivity index (χ3v) is 8.13. The van der Waals surface area contributed by atoms with Crippen molar-refractivity contribution in [3.05, 3.63) is 68.8 Å². The van der Waals surface area contributed by atoms with Gasteiger partial charge in [0.15, 0.2) is 9.79 Å². The average Bonchev–Trinajstić information content (AvgIpc) is 2.67. The molecule has 12 nitrogen and oxygen atoms in total. The Morgan fingerprint density at radius 2 is 1.17 bits per heavy atom. The van der Waals surface area contributed by atoms with E-state index in [1.807, 2.05) is 0 Å².